The molecule has 1 aromatic heterocycles. The van der Waals surface area contributed by atoms with Crippen molar-refractivity contribution in [3.05, 3.63) is 46.3 Å². The number of aryl methyl sites for hydroxylation is 3. The van der Waals surface area contributed by atoms with E-state index in [0.29, 0.717) is 12.1 Å². The van der Waals surface area contributed by atoms with Crippen LogP contribution in [0, 0.1) is 32.1 Å². The van der Waals surface area contributed by atoms with Crippen molar-refractivity contribution in [3.63, 3.8) is 0 Å². The monoisotopic (exact) mass is 240 g/mol. The van der Waals surface area contributed by atoms with Crippen LogP contribution in [0.15, 0.2) is 18.2 Å². The minimum Gasteiger partial charge on any atom is -0.381 e. The Morgan fingerprint density at radius 2 is 2.11 bits per heavy atom. The quantitative estimate of drug-likeness (QED) is 0.867. The Morgan fingerprint density at radius 1 is 1.33 bits per heavy atom. The molecule has 0 saturated heterocycles. The number of H-pyrrole nitrogens is 1. The molecule has 0 saturated carbocycles. The topological polar surface area (TPSA) is 64.5 Å². The van der Waals surface area contributed by atoms with Gasteiger partial charge in [-0.05, 0) is 38.5 Å². The molecule has 92 valence electrons. The summed E-state index contributed by atoms with van der Waals surface area (Å²) in [5.74, 6) is 0. The van der Waals surface area contributed by atoms with Gasteiger partial charge in [0.2, 0.25) is 0 Å². The highest BCUT2D eigenvalue weighted by molar-refractivity contribution is 5.55. The van der Waals surface area contributed by atoms with Crippen molar-refractivity contribution in [2.24, 2.45) is 0 Å². The minimum atomic E-state index is 0.670. The second-order valence-corrected chi connectivity index (χ2v) is 4.41. The summed E-state index contributed by atoms with van der Waals surface area (Å²) >= 11 is 0. The summed E-state index contributed by atoms with van der Waals surface area (Å²) in [6, 6.07) is 7.81. The van der Waals surface area contributed by atoms with Crippen molar-refractivity contribution >= 4 is 5.69 Å². The second-order valence-electron chi connectivity index (χ2n) is 4.41. The molecule has 0 bridgehead atoms. The molecule has 0 aliphatic carbocycles. The predicted octanol–water partition coefficient (Wildman–Crippen LogP) is 2.82. The van der Waals surface area contributed by atoms with E-state index >= 15 is 0 Å². The lowest BCUT2D eigenvalue weighted by Crippen LogP contribution is -2.03. The van der Waals surface area contributed by atoms with Gasteiger partial charge in [-0.25, -0.2) is 0 Å². The molecule has 2 N–H and O–H groups in total. The zero-order valence-electron chi connectivity index (χ0n) is 10.8. The molecular formula is C14H16N4. The smallest absolute Gasteiger partial charge is 0.0992 e. The van der Waals surface area contributed by atoms with Gasteiger partial charge in [0.1, 0.15) is 0 Å². The first-order chi connectivity index (χ1) is 8.61. The molecule has 1 heterocycles. The van der Waals surface area contributed by atoms with E-state index in [1.54, 1.807) is 0 Å². The number of hydrogen-bond donors (Lipinski definition) is 2. The third kappa shape index (κ3) is 2.35. The Bertz CT molecular complexity index is 585. The van der Waals surface area contributed by atoms with Crippen LogP contribution in [0.5, 0.6) is 0 Å². The molecule has 2 rings (SSSR count). The highest BCUT2D eigenvalue weighted by atomic mass is 15.1. The summed E-state index contributed by atoms with van der Waals surface area (Å²) in [7, 11) is 0. The summed E-state index contributed by atoms with van der Waals surface area (Å²) in [5, 5.41) is 19.4. The van der Waals surface area contributed by atoms with Crippen molar-refractivity contribution < 1.29 is 0 Å². The van der Waals surface area contributed by atoms with Crippen LogP contribution >= 0.6 is 0 Å². The van der Waals surface area contributed by atoms with Gasteiger partial charge < -0.3 is 5.32 Å². The minimum absolute atomic E-state index is 0.670. The SMILES string of the molecule is Cc1ccc(C#N)cc1NCc1c(C)n[nH]c1C. The number of nitriles is 1. The number of nitrogens with one attached hydrogen (secondary N) is 2. The standard InChI is InChI=1S/C14H16N4/c1-9-4-5-12(7-15)6-14(9)16-8-13-10(2)17-18-11(13)3/h4-6,16H,8H2,1-3H3,(H,17,18). The molecule has 4 nitrogen and oxygen atoms in total. The summed E-state index contributed by atoms with van der Waals surface area (Å²) in [5.41, 5.74) is 6.06. The fourth-order valence-corrected chi connectivity index (χ4v) is 1.90. The van der Waals surface area contributed by atoms with Crippen molar-refractivity contribution in [3.8, 4) is 6.07 Å². The van der Waals surface area contributed by atoms with Crippen LogP contribution in [0.3, 0.4) is 0 Å². The summed E-state index contributed by atoms with van der Waals surface area (Å²) in [4.78, 5) is 0. The number of benzene rings is 1. The Morgan fingerprint density at radius 3 is 2.72 bits per heavy atom. The first-order valence-corrected chi connectivity index (χ1v) is 5.87. The molecule has 0 aliphatic rings. The van der Waals surface area contributed by atoms with Crippen molar-refractivity contribution in [2.75, 3.05) is 5.32 Å². The van der Waals surface area contributed by atoms with E-state index < -0.39 is 0 Å². The van der Waals surface area contributed by atoms with E-state index in [1.165, 1.54) is 5.56 Å². The van der Waals surface area contributed by atoms with Gasteiger partial charge >= 0.3 is 0 Å². The number of aromatic nitrogens is 2. The maximum absolute atomic E-state index is 8.90. The Hall–Kier alpha value is -2.28. The average molecular weight is 240 g/mol. The van der Waals surface area contributed by atoms with E-state index in [9.17, 15) is 0 Å². The molecule has 1 aromatic carbocycles. The van der Waals surface area contributed by atoms with Gasteiger partial charge in [-0.15, -0.1) is 0 Å². The predicted molar refractivity (Wildman–Crippen MR) is 71.3 cm³/mol. The first-order valence-electron chi connectivity index (χ1n) is 5.87. The van der Waals surface area contributed by atoms with Crippen LogP contribution in [-0.4, -0.2) is 10.2 Å². The number of rotatable bonds is 3. The van der Waals surface area contributed by atoms with Crippen molar-refractivity contribution in [1.82, 2.24) is 10.2 Å². The molecule has 0 aliphatic heterocycles. The van der Waals surface area contributed by atoms with Crippen LogP contribution in [0.2, 0.25) is 0 Å². The van der Waals surface area contributed by atoms with Gasteiger partial charge in [0.15, 0.2) is 0 Å². The van der Waals surface area contributed by atoms with Gasteiger partial charge in [-0.1, -0.05) is 6.07 Å². The molecule has 0 atom stereocenters. The molecule has 0 amide bonds. The lowest BCUT2D eigenvalue weighted by molar-refractivity contribution is 1.02. The molecule has 0 spiro atoms. The largest absolute Gasteiger partial charge is 0.381 e. The molecular weight excluding hydrogens is 224 g/mol. The van der Waals surface area contributed by atoms with Crippen molar-refractivity contribution in [2.45, 2.75) is 27.3 Å². The molecule has 4 heteroatoms. The zero-order valence-corrected chi connectivity index (χ0v) is 10.8. The lowest BCUT2D eigenvalue weighted by atomic mass is 10.1. The third-order valence-electron chi connectivity index (χ3n) is 3.10. The Labute approximate surface area is 107 Å². The van der Waals surface area contributed by atoms with Crippen LogP contribution in [0.25, 0.3) is 0 Å². The number of hydrogen-bond acceptors (Lipinski definition) is 3. The Kier molecular flexibility index (Phi) is 3.33. The van der Waals surface area contributed by atoms with Crippen LogP contribution in [0.1, 0.15) is 28.1 Å². The lowest BCUT2D eigenvalue weighted by Gasteiger charge is -2.10. The molecule has 0 radical (unpaired) electrons. The maximum atomic E-state index is 8.90. The van der Waals surface area contributed by atoms with Gasteiger partial charge in [0, 0.05) is 23.5 Å². The van der Waals surface area contributed by atoms with Crippen LogP contribution in [0.4, 0.5) is 5.69 Å². The van der Waals surface area contributed by atoms with E-state index in [1.807, 2.05) is 39.0 Å². The van der Waals surface area contributed by atoms with E-state index in [4.69, 9.17) is 5.26 Å². The van der Waals surface area contributed by atoms with Gasteiger partial charge in [0.05, 0.1) is 17.3 Å². The maximum Gasteiger partial charge on any atom is 0.0992 e. The molecule has 0 fully saturated rings. The van der Waals surface area contributed by atoms with E-state index in [-0.39, 0.29) is 0 Å². The first kappa shape index (κ1) is 12.2. The normalized spacial score (nSPS) is 10.1. The highest BCUT2D eigenvalue weighted by Gasteiger charge is 2.07. The summed E-state index contributed by atoms with van der Waals surface area (Å²) < 4.78 is 0. The Balaban J connectivity index is 2.18. The highest BCUT2D eigenvalue weighted by Crippen LogP contribution is 2.18. The van der Waals surface area contributed by atoms with Crippen molar-refractivity contribution in [1.29, 1.82) is 5.26 Å². The average Bonchev–Trinajstić information content (AvgIpc) is 2.68. The van der Waals surface area contributed by atoms with Gasteiger partial charge in [-0.3, -0.25) is 5.10 Å². The number of anilines is 1. The fraction of sp³-hybridized carbons (Fsp3) is 0.286. The molecule has 2 aromatic rings. The van der Waals surface area contributed by atoms with E-state index in [2.05, 4.69) is 21.6 Å². The zero-order chi connectivity index (χ0) is 13.1. The van der Waals surface area contributed by atoms with E-state index in [0.717, 1.165) is 22.6 Å². The molecule has 0 unspecified atom stereocenters. The number of aromatic amines is 1. The van der Waals surface area contributed by atoms with Gasteiger partial charge in [0.25, 0.3) is 0 Å². The molecule has 18 heavy (non-hydrogen) atoms. The fourth-order valence-electron chi connectivity index (χ4n) is 1.90. The number of nitrogens with zero attached hydrogens (tertiary/aromatic N) is 2. The van der Waals surface area contributed by atoms with Gasteiger partial charge in [-0.2, -0.15) is 10.4 Å². The third-order valence-corrected chi connectivity index (χ3v) is 3.10. The van der Waals surface area contributed by atoms with Crippen LogP contribution < -0.4 is 5.32 Å². The summed E-state index contributed by atoms with van der Waals surface area (Å²) in [6.45, 7) is 6.73. The second kappa shape index (κ2) is 4.92. The summed E-state index contributed by atoms with van der Waals surface area (Å²) in [6.07, 6.45) is 0. The van der Waals surface area contributed by atoms with Crippen LogP contribution in [-0.2, 0) is 6.54 Å².